The van der Waals surface area contributed by atoms with Crippen LogP contribution in [-0.4, -0.2) is 51.1 Å². The summed E-state index contributed by atoms with van der Waals surface area (Å²) in [4.78, 5) is 12.0. The van der Waals surface area contributed by atoms with Gasteiger partial charge < -0.3 is 9.47 Å². The van der Waals surface area contributed by atoms with Gasteiger partial charge in [-0.25, -0.2) is 13.2 Å². The molecule has 1 saturated heterocycles. The Kier molecular flexibility index (Phi) is 4.44. The maximum absolute atomic E-state index is 12.9. The fourth-order valence-corrected chi connectivity index (χ4v) is 5.53. The highest BCUT2D eigenvalue weighted by molar-refractivity contribution is 7.89. The van der Waals surface area contributed by atoms with E-state index in [0.29, 0.717) is 12.2 Å². The third kappa shape index (κ3) is 3.13. The molecule has 1 aromatic rings. The lowest BCUT2D eigenvalue weighted by Crippen LogP contribution is -2.50. The van der Waals surface area contributed by atoms with Crippen LogP contribution in [0.15, 0.2) is 10.3 Å². The van der Waals surface area contributed by atoms with Crippen LogP contribution >= 0.6 is 11.3 Å². The van der Waals surface area contributed by atoms with Crippen molar-refractivity contribution in [2.45, 2.75) is 31.3 Å². The van der Waals surface area contributed by atoms with Crippen LogP contribution < -0.4 is 0 Å². The Morgan fingerprint density at radius 1 is 1.48 bits per heavy atom. The van der Waals surface area contributed by atoms with Gasteiger partial charge >= 0.3 is 5.97 Å². The minimum Gasteiger partial charge on any atom is -0.465 e. The lowest BCUT2D eigenvalue weighted by Gasteiger charge is -2.37. The van der Waals surface area contributed by atoms with E-state index in [0.717, 1.165) is 11.3 Å². The molecule has 0 amide bonds. The number of ether oxygens (including phenoxy) is 2. The third-order valence-electron chi connectivity index (χ3n) is 3.28. The Hall–Kier alpha value is -0.960. The maximum atomic E-state index is 12.9. The first-order chi connectivity index (χ1) is 9.69. The number of carbonyl (C=O) groups is 1. The molecule has 8 heteroatoms. The number of hydrogen-bond donors (Lipinski definition) is 0. The van der Waals surface area contributed by atoms with Gasteiger partial charge in [-0.1, -0.05) is 0 Å². The molecule has 0 aliphatic carbocycles. The number of sulfonamides is 1. The van der Waals surface area contributed by atoms with Crippen LogP contribution in [0.25, 0.3) is 0 Å². The highest BCUT2D eigenvalue weighted by Gasteiger charge is 2.38. The second-order valence-electron chi connectivity index (χ2n) is 5.52. The molecule has 0 bridgehead atoms. The van der Waals surface area contributed by atoms with Crippen LogP contribution in [0, 0.1) is 6.92 Å². The summed E-state index contributed by atoms with van der Waals surface area (Å²) in [5.74, 6) is -0.626. The normalized spacial score (nSPS) is 19.4. The van der Waals surface area contributed by atoms with Gasteiger partial charge in [-0.2, -0.15) is 4.31 Å². The molecule has 0 saturated carbocycles. The molecule has 6 nitrogen and oxygen atoms in total. The fraction of sp³-hybridized carbons (Fsp3) is 0.615. The molecule has 0 unspecified atom stereocenters. The number of rotatable bonds is 3. The predicted octanol–water partition coefficient (Wildman–Crippen LogP) is 1.64. The van der Waals surface area contributed by atoms with Gasteiger partial charge in [0.2, 0.25) is 10.0 Å². The van der Waals surface area contributed by atoms with Crippen LogP contribution in [0.2, 0.25) is 0 Å². The molecule has 118 valence electrons. The molecule has 0 N–H and O–H groups in total. The minimum atomic E-state index is -3.74. The molecule has 1 fully saturated rings. The summed E-state index contributed by atoms with van der Waals surface area (Å²) < 4.78 is 37.3. The molecule has 0 spiro atoms. The number of hydrogen-bond acceptors (Lipinski definition) is 6. The van der Waals surface area contributed by atoms with Crippen LogP contribution in [0.5, 0.6) is 0 Å². The molecule has 0 atom stereocenters. The number of aryl methyl sites for hydroxylation is 1. The van der Waals surface area contributed by atoms with Crippen LogP contribution in [-0.2, 0) is 19.5 Å². The SMILES string of the molecule is COC(=O)c1scc(C)c1S(=O)(=O)N1CCOC(C)(C)C1. The van der Waals surface area contributed by atoms with E-state index in [1.165, 1.54) is 11.4 Å². The maximum Gasteiger partial charge on any atom is 0.349 e. The molecule has 1 aliphatic heterocycles. The lowest BCUT2D eigenvalue weighted by atomic mass is 10.1. The smallest absolute Gasteiger partial charge is 0.349 e. The summed E-state index contributed by atoms with van der Waals surface area (Å²) >= 11 is 1.09. The van der Waals surface area contributed by atoms with E-state index < -0.39 is 21.6 Å². The lowest BCUT2D eigenvalue weighted by molar-refractivity contribution is -0.0640. The molecule has 21 heavy (non-hydrogen) atoms. The standard InChI is InChI=1S/C13H19NO5S2/c1-9-7-20-10(12(15)18-4)11(9)21(16,17)14-5-6-19-13(2,3)8-14/h7H,5-6,8H2,1-4H3. The van der Waals surface area contributed by atoms with Gasteiger partial charge in [0.25, 0.3) is 0 Å². The Bertz CT molecular complexity index is 648. The first-order valence-corrected chi connectivity index (χ1v) is 8.81. The Morgan fingerprint density at radius 3 is 2.71 bits per heavy atom. The van der Waals surface area contributed by atoms with Crippen molar-refractivity contribution in [2.24, 2.45) is 0 Å². The van der Waals surface area contributed by atoms with Crippen molar-refractivity contribution < 1.29 is 22.7 Å². The fourth-order valence-electron chi connectivity index (χ4n) is 2.29. The Morgan fingerprint density at radius 2 is 2.14 bits per heavy atom. The van der Waals surface area contributed by atoms with Crippen molar-refractivity contribution >= 4 is 27.3 Å². The molecular formula is C13H19NO5S2. The number of thiophene rings is 1. The largest absolute Gasteiger partial charge is 0.465 e. The van der Waals surface area contributed by atoms with Crippen molar-refractivity contribution in [3.8, 4) is 0 Å². The number of nitrogens with zero attached hydrogens (tertiary/aromatic N) is 1. The van der Waals surface area contributed by atoms with E-state index in [2.05, 4.69) is 4.74 Å². The number of esters is 1. The van der Waals surface area contributed by atoms with Gasteiger partial charge in [-0.3, -0.25) is 0 Å². The summed E-state index contributed by atoms with van der Waals surface area (Å²) in [6.07, 6.45) is 0. The summed E-state index contributed by atoms with van der Waals surface area (Å²) in [6.45, 7) is 6.24. The zero-order valence-electron chi connectivity index (χ0n) is 12.5. The van der Waals surface area contributed by atoms with Crippen LogP contribution in [0.1, 0.15) is 29.1 Å². The molecule has 0 radical (unpaired) electrons. The average Bonchev–Trinajstić information content (AvgIpc) is 2.79. The molecular weight excluding hydrogens is 314 g/mol. The van der Waals surface area contributed by atoms with Gasteiger partial charge in [0.05, 0.1) is 19.3 Å². The summed E-state index contributed by atoms with van der Waals surface area (Å²) in [5, 5.41) is 1.66. The predicted molar refractivity (Wildman–Crippen MR) is 79.2 cm³/mol. The highest BCUT2D eigenvalue weighted by Crippen LogP contribution is 2.32. The van der Waals surface area contributed by atoms with Crippen LogP contribution in [0.3, 0.4) is 0 Å². The van der Waals surface area contributed by atoms with Gasteiger partial charge in [-0.05, 0) is 31.7 Å². The number of morpholine rings is 1. The quantitative estimate of drug-likeness (QED) is 0.786. The van der Waals surface area contributed by atoms with Crippen molar-refractivity contribution in [1.82, 2.24) is 4.31 Å². The topological polar surface area (TPSA) is 72.9 Å². The third-order valence-corrected chi connectivity index (χ3v) is 6.52. The second-order valence-corrected chi connectivity index (χ2v) is 8.27. The second kappa shape index (κ2) is 5.68. The molecule has 2 rings (SSSR count). The van der Waals surface area contributed by atoms with Crippen molar-refractivity contribution in [3.05, 3.63) is 15.8 Å². The van der Waals surface area contributed by atoms with E-state index >= 15 is 0 Å². The van der Waals surface area contributed by atoms with Gasteiger partial charge in [0, 0.05) is 13.1 Å². The number of methoxy groups -OCH3 is 1. The van der Waals surface area contributed by atoms with Gasteiger partial charge in [0.15, 0.2) is 0 Å². The van der Waals surface area contributed by atoms with E-state index in [4.69, 9.17) is 4.74 Å². The molecule has 1 aromatic heterocycles. The Labute approximate surface area is 128 Å². The monoisotopic (exact) mass is 333 g/mol. The van der Waals surface area contributed by atoms with Crippen molar-refractivity contribution in [3.63, 3.8) is 0 Å². The zero-order chi connectivity index (χ0) is 15.8. The number of carbonyl (C=O) groups excluding carboxylic acids is 1. The van der Waals surface area contributed by atoms with Crippen LogP contribution in [0.4, 0.5) is 0 Å². The zero-order valence-corrected chi connectivity index (χ0v) is 14.1. The average molecular weight is 333 g/mol. The summed E-state index contributed by atoms with van der Waals surface area (Å²) in [6, 6.07) is 0. The van der Waals surface area contributed by atoms with Crippen molar-refractivity contribution in [1.29, 1.82) is 0 Å². The van der Waals surface area contributed by atoms with E-state index in [1.54, 1.807) is 12.3 Å². The first-order valence-electron chi connectivity index (χ1n) is 6.49. The van der Waals surface area contributed by atoms with E-state index in [9.17, 15) is 13.2 Å². The minimum absolute atomic E-state index is 0.0528. The summed E-state index contributed by atoms with van der Waals surface area (Å²) in [5.41, 5.74) is 0.0189. The summed E-state index contributed by atoms with van der Waals surface area (Å²) in [7, 11) is -2.50. The highest BCUT2D eigenvalue weighted by atomic mass is 32.2. The van der Waals surface area contributed by atoms with E-state index in [1.807, 2.05) is 13.8 Å². The first kappa shape index (κ1) is 16.4. The Balaban J connectivity index is 2.45. The van der Waals surface area contributed by atoms with E-state index in [-0.39, 0.29) is 22.9 Å². The van der Waals surface area contributed by atoms with Gasteiger partial charge in [-0.15, -0.1) is 11.3 Å². The molecule has 0 aromatic carbocycles. The molecule has 2 heterocycles. The molecule has 1 aliphatic rings. The van der Waals surface area contributed by atoms with Crippen molar-refractivity contribution in [2.75, 3.05) is 26.8 Å². The van der Waals surface area contributed by atoms with Gasteiger partial charge in [0.1, 0.15) is 9.77 Å².